The number of imidazole rings is 1. The molecule has 2 heterocycles. The van der Waals surface area contributed by atoms with Gasteiger partial charge >= 0.3 is 0 Å². The predicted octanol–water partition coefficient (Wildman–Crippen LogP) is 2.89. The highest BCUT2D eigenvalue weighted by Crippen LogP contribution is 2.18. The number of hydrogen-bond acceptors (Lipinski definition) is 4. The van der Waals surface area contributed by atoms with Crippen LogP contribution in [0.1, 0.15) is 18.9 Å². The lowest BCUT2D eigenvalue weighted by Gasteiger charge is -2.26. The molecule has 3 aromatic rings. The van der Waals surface area contributed by atoms with E-state index in [2.05, 4.69) is 28.8 Å². The van der Waals surface area contributed by atoms with Crippen LogP contribution in [0.4, 0.5) is 5.95 Å². The van der Waals surface area contributed by atoms with Crippen molar-refractivity contribution in [1.29, 1.82) is 0 Å². The van der Waals surface area contributed by atoms with Gasteiger partial charge in [-0.3, -0.25) is 4.40 Å². The standard InChI is InChI=1S/C17H20N4O/c1-13(3-4-14-5-7-15(22)8-6-14)20(2)17-19-10-9-16-18-11-12-21(16)17/h5-13,22H,3-4H2,1-2H3. The smallest absolute Gasteiger partial charge is 0.211 e. The Kier molecular flexibility index (Phi) is 3.96. The lowest BCUT2D eigenvalue weighted by Crippen LogP contribution is -2.31. The zero-order valence-electron chi connectivity index (χ0n) is 12.8. The van der Waals surface area contributed by atoms with Crippen molar-refractivity contribution in [1.82, 2.24) is 14.4 Å². The molecule has 5 nitrogen and oxygen atoms in total. The maximum Gasteiger partial charge on any atom is 0.211 e. The van der Waals surface area contributed by atoms with Crippen molar-refractivity contribution < 1.29 is 5.11 Å². The summed E-state index contributed by atoms with van der Waals surface area (Å²) < 4.78 is 2.00. The molecule has 0 aliphatic carbocycles. The van der Waals surface area contributed by atoms with Crippen molar-refractivity contribution in [2.45, 2.75) is 25.8 Å². The first-order valence-electron chi connectivity index (χ1n) is 7.44. The van der Waals surface area contributed by atoms with Crippen LogP contribution in [0.2, 0.25) is 0 Å². The van der Waals surface area contributed by atoms with E-state index < -0.39 is 0 Å². The van der Waals surface area contributed by atoms with E-state index in [-0.39, 0.29) is 0 Å². The summed E-state index contributed by atoms with van der Waals surface area (Å²) in [6.07, 6.45) is 7.48. The lowest BCUT2D eigenvalue weighted by molar-refractivity contribution is 0.475. The van der Waals surface area contributed by atoms with Crippen LogP contribution in [0, 0.1) is 0 Å². The molecule has 0 spiro atoms. The van der Waals surface area contributed by atoms with Gasteiger partial charge in [0.1, 0.15) is 11.4 Å². The van der Waals surface area contributed by atoms with Gasteiger partial charge < -0.3 is 10.0 Å². The van der Waals surface area contributed by atoms with Gasteiger partial charge in [-0.15, -0.1) is 0 Å². The van der Waals surface area contributed by atoms with Gasteiger partial charge in [0.25, 0.3) is 0 Å². The average Bonchev–Trinajstić information content (AvgIpc) is 3.02. The molecule has 22 heavy (non-hydrogen) atoms. The minimum absolute atomic E-state index is 0.310. The summed E-state index contributed by atoms with van der Waals surface area (Å²) in [7, 11) is 2.06. The van der Waals surface area contributed by atoms with E-state index in [1.807, 2.05) is 28.8 Å². The Morgan fingerprint density at radius 2 is 1.91 bits per heavy atom. The zero-order chi connectivity index (χ0) is 15.5. The fourth-order valence-electron chi connectivity index (χ4n) is 2.53. The second-order valence-electron chi connectivity index (χ2n) is 5.57. The van der Waals surface area contributed by atoms with Crippen LogP contribution in [-0.4, -0.2) is 32.6 Å². The fourth-order valence-corrected chi connectivity index (χ4v) is 2.53. The number of phenolic OH excluding ortho intramolecular Hbond substituents is 1. The van der Waals surface area contributed by atoms with E-state index in [0.717, 1.165) is 24.4 Å². The minimum Gasteiger partial charge on any atom is -0.508 e. The number of phenols is 1. The van der Waals surface area contributed by atoms with E-state index in [0.29, 0.717) is 11.8 Å². The van der Waals surface area contributed by atoms with Crippen LogP contribution in [0.25, 0.3) is 5.65 Å². The number of aromatic hydroxyl groups is 1. The van der Waals surface area contributed by atoms with Gasteiger partial charge in [-0.25, -0.2) is 9.97 Å². The Balaban J connectivity index is 1.70. The van der Waals surface area contributed by atoms with Crippen molar-refractivity contribution in [3.05, 3.63) is 54.5 Å². The van der Waals surface area contributed by atoms with Crippen LogP contribution in [0.5, 0.6) is 5.75 Å². The third kappa shape index (κ3) is 2.88. The zero-order valence-corrected chi connectivity index (χ0v) is 12.8. The molecule has 1 aromatic carbocycles. The maximum atomic E-state index is 9.33. The Morgan fingerprint density at radius 3 is 2.68 bits per heavy atom. The Bertz CT molecular complexity index is 751. The van der Waals surface area contributed by atoms with Gasteiger partial charge in [-0.1, -0.05) is 12.1 Å². The Hall–Kier alpha value is -2.56. The highest BCUT2D eigenvalue weighted by atomic mass is 16.3. The Morgan fingerprint density at radius 1 is 1.14 bits per heavy atom. The number of aromatic nitrogens is 3. The quantitative estimate of drug-likeness (QED) is 0.786. The SMILES string of the molecule is CC(CCc1ccc(O)cc1)N(C)c1nccc2nccn12. The number of hydrogen-bond donors (Lipinski definition) is 1. The first-order chi connectivity index (χ1) is 10.6. The van der Waals surface area contributed by atoms with Gasteiger partial charge in [0.05, 0.1) is 0 Å². The number of anilines is 1. The molecule has 0 aliphatic heterocycles. The largest absolute Gasteiger partial charge is 0.508 e. The summed E-state index contributed by atoms with van der Waals surface area (Å²) in [5.74, 6) is 1.21. The third-order valence-electron chi connectivity index (χ3n) is 4.06. The van der Waals surface area contributed by atoms with E-state index >= 15 is 0 Å². The summed E-state index contributed by atoms with van der Waals surface area (Å²) in [5, 5.41) is 9.33. The molecule has 1 N–H and O–H groups in total. The summed E-state index contributed by atoms with van der Waals surface area (Å²) in [6.45, 7) is 2.19. The molecule has 1 unspecified atom stereocenters. The van der Waals surface area contributed by atoms with Crippen molar-refractivity contribution in [2.75, 3.05) is 11.9 Å². The number of benzene rings is 1. The summed E-state index contributed by atoms with van der Waals surface area (Å²) >= 11 is 0. The molecule has 0 bridgehead atoms. The van der Waals surface area contributed by atoms with Crippen LogP contribution in [0.15, 0.2) is 48.9 Å². The van der Waals surface area contributed by atoms with Crippen LogP contribution in [-0.2, 0) is 6.42 Å². The van der Waals surface area contributed by atoms with Crippen molar-refractivity contribution >= 4 is 11.6 Å². The van der Waals surface area contributed by atoms with Crippen LogP contribution < -0.4 is 4.90 Å². The molecule has 2 aromatic heterocycles. The minimum atomic E-state index is 0.310. The molecule has 0 aliphatic rings. The first kappa shape index (κ1) is 14.4. The predicted molar refractivity (Wildman–Crippen MR) is 87.3 cm³/mol. The van der Waals surface area contributed by atoms with Crippen molar-refractivity contribution in [3.8, 4) is 5.75 Å². The van der Waals surface area contributed by atoms with Gasteiger partial charge in [-0.2, -0.15) is 0 Å². The third-order valence-corrected chi connectivity index (χ3v) is 4.06. The number of fused-ring (bicyclic) bond motifs is 1. The Labute approximate surface area is 129 Å². The van der Waals surface area contributed by atoms with E-state index in [1.54, 1.807) is 24.5 Å². The number of nitrogens with zero attached hydrogens (tertiary/aromatic N) is 4. The van der Waals surface area contributed by atoms with E-state index in [4.69, 9.17) is 0 Å². The lowest BCUT2D eigenvalue weighted by atomic mass is 10.1. The summed E-state index contributed by atoms with van der Waals surface area (Å²) in [5.41, 5.74) is 2.13. The average molecular weight is 296 g/mol. The molecule has 0 amide bonds. The highest BCUT2D eigenvalue weighted by molar-refractivity contribution is 5.46. The van der Waals surface area contributed by atoms with Crippen molar-refractivity contribution in [3.63, 3.8) is 0 Å². The second kappa shape index (κ2) is 6.05. The molecule has 114 valence electrons. The van der Waals surface area contributed by atoms with Gasteiger partial charge in [0.2, 0.25) is 5.95 Å². The first-order valence-corrected chi connectivity index (χ1v) is 7.44. The van der Waals surface area contributed by atoms with Crippen LogP contribution >= 0.6 is 0 Å². The maximum absolute atomic E-state index is 9.33. The van der Waals surface area contributed by atoms with E-state index in [9.17, 15) is 5.11 Å². The molecule has 0 saturated heterocycles. The molecular formula is C17H20N4O. The molecule has 0 radical (unpaired) electrons. The van der Waals surface area contributed by atoms with Crippen LogP contribution in [0.3, 0.4) is 0 Å². The summed E-state index contributed by atoms with van der Waals surface area (Å²) in [6, 6.07) is 9.65. The summed E-state index contributed by atoms with van der Waals surface area (Å²) in [4.78, 5) is 11.0. The molecule has 0 fully saturated rings. The van der Waals surface area contributed by atoms with Gasteiger partial charge in [-0.05, 0) is 43.5 Å². The number of aryl methyl sites for hydroxylation is 1. The fraction of sp³-hybridized carbons (Fsp3) is 0.294. The van der Waals surface area contributed by atoms with Gasteiger partial charge in [0.15, 0.2) is 0 Å². The molecular weight excluding hydrogens is 276 g/mol. The van der Waals surface area contributed by atoms with E-state index in [1.165, 1.54) is 5.56 Å². The monoisotopic (exact) mass is 296 g/mol. The normalized spacial score (nSPS) is 12.5. The van der Waals surface area contributed by atoms with Gasteiger partial charge in [0, 0.05) is 31.7 Å². The highest BCUT2D eigenvalue weighted by Gasteiger charge is 2.14. The topological polar surface area (TPSA) is 53.7 Å². The van der Waals surface area contributed by atoms with Crippen molar-refractivity contribution in [2.24, 2.45) is 0 Å². The number of rotatable bonds is 5. The molecule has 0 saturated carbocycles. The molecule has 1 atom stereocenters. The second-order valence-corrected chi connectivity index (χ2v) is 5.57. The molecule has 5 heteroatoms. The molecule has 3 rings (SSSR count).